The van der Waals surface area contributed by atoms with E-state index in [4.69, 9.17) is 15.5 Å². The third kappa shape index (κ3) is 8.95. The van der Waals surface area contributed by atoms with Gasteiger partial charge in [-0.15, -0.1) is 0 Å². The second-order valence-corrected chi connectivity index (χ2v) is 13.5. The Morgan fingerprint density at radius 3 is 2.43 bits per heavy atom. The van der Waals surface area contributed by atoms with E-state index in [0.29, 0.717) is 44.1 Å². The lowest BCUT2D eigenvalue weighted by Gasteiger charge is -2.33. The first-order valence-electron chi connectivity index (χ1n) is 17.3. The van der Waals surface area contributed by atoms with Crippen molar-refractivity contribution in [2.45, 2.75) is 70.3 Å². The number of anilines is 2. The Kier molecular flexibility index (Phi) is 10.8. The Bertz CT molecular complexity index is 1880. The number of ether oxygens (including phenoxy) is 1. The average Bonchev–Trinajstić information content (AvgIpc) is 3.45. The Hall–Kier alpha value is -4.76. The van der Waals surface area contributed by atoms with Gasteiger partial charge in [0.15, 0.2) is 5.82 Å². The zero-order chi connectivity index (χ0) is 36.3. The summed E-state index contributed by atoms with van der Waals surface area (Å²) in [6, 6.07) is 10.1. The number of alkyl halides is 3. The summed E-state index contributed by atoms with van der Waals surface area (Å²) in [4.78, 5) is 37.7. The Morgan fingerprint density at radius 1 is 1.00 bits per heavy atom. The number of fused-ring (bicyclic) bond motifs is 1. The van der Waals surface area contributed by atoms with Gasteiger partial charge >= 0.3 is 12.3 Å². The van der Waals surface area contributed by atoms with Crippen molar-refractivity contribution < 1.29 is 27.5 Å². The van der Waals surface area contributed by atoms with Crippen LogP contribution < -0.4 is 16.4 Å². The molecule has 0 radical (unpaired) electrons. The number of benzene rings is 2. The summed E-state index contributed by atoms with van der Waals surface area (Å²) < 4.78 is 49.0. The molecule has 6 rings (SSSR count). The van der Waals surface area contributed by atoms with Crippen LogP contribution in [0, 0.1) is 0 Å². The number of aryl methyl sites for hydroxylation is 2. The first-order chi connectivity index (χ1) is 24.3. The summed E-state index contributed by atoms with van der Waals surface area (Å²) in [5.74, 6) is 0.363. The second kappa shape index (κ2) is 15.2. The maximum Gasteiger partial charge on any atom is 0.416 e. The third-order valence-corrected chi connectivity index (χ3v) is 9.71. The summed E-state index contributed by atoms with van der Waals surface area (Å²) in [6.45, 7) is 5.28. The summed E-state index contributed by atoms with van der Waals surface area (Å²) >= 11 is 0. The second-order valence-electron chi connectivity index (χ2n) is 13.5. The summed E-state index contributed by atoms with van der Waals surface area (Å²) in [7, 11) is 3.77. The minimum atomic E-state index is -4.53. The molecule has 15 heteroatoms. The van der Waals surface area contributed by atoms with Gasteiger partial charge in [0, 0.05) is 69.0 Å². The van der Waals surface area contributed by atoms with E-state index >= 15 is 0 Å². The minimum Gasteiger partial charge on any atom is -0.446 e. The predicted molar refractivity (Wildman–Crippen MR) is 188 cm³/mol. The molecule has 0 spiro atoms. The number of likely N-dealkylation sites (N-methyl/N-ethyl adjacent to an activating group) is 1. The molecular weight excluding hydrogens is 663 g/mol. The van der Waals surface area contributed by atoms with Crippen molar-refractivity contribution >= 4 is 34.7 Å². The van der Waals surface area contributed by atoms with Gasteiger partial charge in [0.05, 0.1) is 23.2 Å². The molecule has 2 fully saturated rings. The number of hydrogen-bond donors (Lipinski definition) is 3. The fraction of sp³-hybridized carbons (Fsp3) is 0.472. The number of nitrogens with two attached hydrogens (primary N) is 1. The van der Waals surface area contributed by atoms with E-state index in [1.807, 2.05) is 31.0 Å². The molecule has 0 bridgehead atoms. The lowest BCUT2D eigenvalue weighted by molar-refractivity contribution is -0.138. The molecule has 0 unspecified atom stereocenters. The van der Waals surface area contributed by atoms with Crippen LogP contribution in [0.15, 0.2) is 42.6 Å². The van der Waals surface area contributed by atoms with Crippen molar-refractivity contribution in [3.8, 4) is 11.3 Å². The quantitative estimate of drug-likeness (QED) is 0.199. The van der Waals surface area contributed by atoms with E-state index in [0.717, 1.165) is 59.7 Å². The molecule has 12 nitrogen and oxygen atoms in total. The maximum absolute atomic E-state index is 14.1. The number of primary amides is 1. The van der Waals surface area contributed by atoms with Gasteiger partial charge in [-0.2, -0.15) is 18.3 Å². The highest BCUT2D eigenvalue weighted by molar-refractivity contribution is 5.92. The molecule has 4 N–H and O–H groups in total. The van der Waals surface area contributed by atoms with Crippen LogP contribution in [0.5, 0.6) is 0 Å². The Morgan fingerprint density at radius 2 is 1.75 bits per heavy atom. The zero-order valence-corrected chi connectivity index (χ0v) is 29.1. The largest absolute Gasteiger partial charge is 0.446 e. The fourth-order valence-corrected chi connectivity index (χ4v) is 6.93. The van der Waals surface area contributed by atoms with Gasteiger partial charge in [-0.3, -0.25) is 14.4 Å². The van der Waals surface area contributed by atoms with Gasteiger partial charge in [-0.05, 0) is 74.0 Å². The molecule has 0 atom stereocenters. The van der Waals surface area contributed by atoms with Gasteiger partial charge in [0.25, 0.3) is 0 Å². The van der Waals surface area contributed by atoms with Crippen LogP contribution in [-0.4, -0.2) is 86.9 Å². The number of piperazine rings is 1. The topological polar surface area (TPSA) is 144 Å². The number of rotatable bonds is 10. The third-order valence-electron chi connectivity index (χ3n) is 9.71. The molecule has 2 aromatic carbocycles. The normalized spacial score (nSPS) is 18.9. The maximum atomic E-state index is 14.1. The van der Waals surface area contributed by atoms with Crippen molar-refractivity contribution in [1.29, 1.82) is 0 Å². The molecule has 1 saturated carbocycles. The number of carbonyl (C=O) groups excluding carboxylic acids is 2. The lowest BCUT2D eigenvalue weighted by Crippen LogP contribution is -2.44. The van der Waals surface area contributed by atoms with Gasteiger partial charge in [-0.1, -0.05) is 19.1 Å². The van der Waals surface area contributed by atoms with Crippen molar-refractivity contribution in [2.24, 2.45) is 12.8 Å². The SMILES string of the molecule is CCc1cc(-c2cc(NC(=O)Cc3ccc(CN4CCN(C)CC4)c(C(F)(F)F)c3)nn2C)cc2cnc(N[C@H]3CC[C@H](OC(N)=O)CC3)nc12. The van der Waals surface area contributed by atoms with Gasteiger partial charge in [0.2, 0.25) is 11.9 Å². The summed E-state index contributed by atoms with van der Waals surface area (Å²) in [5, 5.41) is 11.5. The smallest absolute Gasteiger partial charge is 0.416 e. The van der Waals surface area contributed by atoms with Crippen LogP contribution in [0.2, 0.25) is 0 Å². The highest BCUT2D eigenvalue weighted by Gasteiger charge is 2.34. The van der Waals surface area contributed by atoms with Crippen LogP contribution >= 0.6 is 0 Å². The van der Waals surface area contributed by atoms with Crippen molar-refractivity contribution in [2.75, 3.05) is 43.9 Å². The van der Waals surface area contributed by atoms with E-state index in [2.05, 4.69) is 25.6 Å². The van der Waals surface area contributed by atoms with E-state index in [1.54, 1.807) is 30.1 Å². The number of halogens is 3. The van der Waals surface area contributed by atoms with Crippen molar-refractivity contribution in [3.05, 3.63) is 64.8 Å². The molecule has 272 valence electrons. The van der Waals surface area contributed by atoms with E-state index in [9.17, 15) is 22.8 Å². The Balaban J connectivity index is 1.12. The molecule has 1 aliphatic carbocycles. The first-order valence-corrected chi connectivity index (χ1v) is 17.3. The fourth-order valence-electron chi connectivity index (χ4n) is 6.93. The molecule has 2 aromatic heterocycles. The number of nitrogens with one attached hydrogen (secondary N) is 2. The molecule has 4 aromatic rings. The molecule has 51 heavy (non-hydrogen) atoms. The predicted octanol–water partition coefficient (Wildman–Crippen LogP) is 5.36. The van der Waals surface area contributed by atoms with Crippen molar-refractivity contribution in [1.82, 2.24) is 29.5 Å². The average molecular weight is 708 g/mol. The van der Waals surface area contributed by atoms with Crippen LogP contribution in [0.3, 0.4) is 0 Å². The summed E-state index contributed by atoms with van der Waals surface area (Å²) in [5.41, 5.74) is 8.37. The number of nitrogens with zero attached hydrogens (tertiary/aromatic N) is 6. The first kappa shape index (κ1) is 36.0. The molecular formula is C36H44F3N9O3. The lowest BCUT2D eigenvalue weighted by atomic mass is 9.93. The number of amides is 2. The van der Waals surface area contributed by atoms with Gasteiger partial charge in [0.1, 0.15) is 6.10 Å². The number of hydrogen-bond acceptors (Lipinski definition) is 9. The zero-order valence-electron chi connectivity index (χ0n) is 29.1. The molecule has 2 amide bonds. The molecule has 1 saturated heterocycles. The van der Waals surface area contributed by atoms with E-state index in [-0.39, 0.29) is 36.2 Å². The van der Waals surface area contributed by atoms with E-state index < -0.39 is 23.7 Å². The highest BCUT2D eigenvalue weighted by atomic mass is 19.4. The number of aromatic nitrogens is 4. The molecule has 1 aliphatic heterocycles. The van der Waals surface area contributed by atoms with Crippen LogP contribution in [0.25, 0.3) is 22.2 Å². The number of carbonyl (C=O) groups is 2. The monoisotopic (exact) mass is 707 g/mol. The Labute approximate surface area is 294 Å². The summed E-state index contributed by atoms with van der Waals surface area (Å²) in [6.07, 6.45) is -0.141. The van der Waals surface area contributed by atoms with Crippen LogP contribution in [0.1, 0.15) is 54.9 Å². The minimum absolute atomic E-state index is 0.154. The van der Waals surface area contributed by atoms with Crippen LogP contribution in [-0.2, 0) is 42.1 Å². The van der Waals surface area contributed by atoms with Crippen molar-refractivity contribution in [3.63, 3.8) is 0 Å². The van der Waals surface area contributed by atoms with Crippen LogP contribution in [0.4, 0.5) is 29.7 Å². The van der Waals surface area contributed by atoms with E-state index in [1.165, 1.54) is 6.07 Å². The standard InChI is InChI=1S/C36H44F3N9O3/c1-4-23-17-25(18-26-20-41-35(44-33(23)26)42-27-7-9-28(10-8-27)51-34(40)50)30-19-31(45-47(30)3)43-32(49)16-22-5-6-24(29(15-22)36(37,38)39)21-48-13-11-46(2)12-14-48/h5-6,15,17-20,27-28H,4,7-14,16,21H2,1-3H3,(H2,40,50)(H,41,42,44)(H,43,45,49)/t27-,28-. The molecule has 3 heterocycles. The van der Waals surface area contributed by atoms with Gasteiger partial charge in [-0.25, -0.2) is 14.8 Å². The highest BCUT2D eigenvalue weighted by Crippen LogP contribution is 2.34. The van der Waals surface area contributed by atoms with Gasteiger partial charge < -0.3 is 26.0 Å². The molecule has 2 aliphatic rings.